The number of aliphatic hydroxyl groups is 1. The molecule has 6 N–H and O–H groups in total. The van der Waals surface area contributed by atoms with Crippen LogP contribution in [0.1, 0.15) is 0 Å². The fourth-order valence-electron chi connectivity index (χ4n) is 0.313. The van der Waals surface area contributed by atoms with Gasteiger partial charge in [-0.15, -0.1) is 0 Å². The van der Waals surface area contributed by atoms with E-state index in [9.17, 15) is 4.79 Å². The lowest BCUT2D eigenvalue weighted by Gasteiger charge is -1.96. The second-order valence-corrected chi connectivity index (χ2v) is 2.00. The number of aliphatic hydroxyl groups excluding tert-OH is 1. The monoisotopic (exact) mass is 189 g/mol. The van der Waals surface area contributed by atoms with Gasteiger partial charge in [0.1, 0.15) is 12.3 Å². The average molecular weight is 189 g/mol. The van der Waals surface area contributed by atoms with Crippen LogP contribution < -0.4 is 11.5 Å². The molecule has 0 saturated carbocycles. The standard InChI is InChI=1S/C3H4N2O.C3H7NO3/c4-3-5-1-2-6-3;4-2(1-5)3(6)7/h1-2H,(H2,4,5);2,5H,1,4H2,(H,6,7)/t;2-/m.0/s1. The van der Waals surface area contributed by atoms with Crippen LogP contribution in [0.5, 0.6) is 0 Å². The number of aliphatic carboxylic acids is 1. The first-order valence-corrected chi connectivity index (χ1v) is 3.32. The third-order valence-corrected chi connectivity index (χ3v) is 0.965. The molecule has 0 fully saturated rings. The number of hydrogen-bond donors (Lipinski definition) is 4. The zero-order valence-corrected chi connectivity index (χ0v) is 6.75. The highest BCUT2D eigenvalue weighted by Crippen LogP contribution is 1.90. The number of carbonyl (C=O) groups is 1. The van der Waals surface area contributed by atoms with Gasteiger partial charge in [-0.05, 0) is 0 Å². The van der Waals surface area contributed by atoms with Crippen LogP contribution in [-0.4, -0.2) is 33.8 Å². The summed E-state index contributed by atoms with van der Waals surface area (Å²) in [6, 6.07) is -0.907. The molecule has 0 aliphatic rings. The van der Waals surface area contributed by atoms with Crippen LogP contribution in [-0.2, 0) is 4.79 Å². The Morgan fingerprint density at radius 2 is 2.38 bits per heavy atom. The molecule has 74 valence electrons. The van der Waals surface area contributed by atoms with Crippen LogP contribution in [0.15, 0.2) is 16.9 Å². The molecular weight excluding hydrogens is 178 g/mol. The molecule has 1 atom stereocenters. The van der Waals surface area contributed by atoms with Gasteiger partial charge in [-0.1, -0.05) is 0 Å². The SMILES string of the molecule is N[C@@H](CO)C(=O)O.Nc1ncco1. The Hall–Kier alpha value is -1.60. The normalized spacial score (nSPS) is 11.2. The molecular formula is C6H11N3O4. The van der Waals surface area contributed by atoms with E-state index in [1.54, 1.807) is 0 Å². The first-order valence-electron chi connectivity index (χ1n) is 3.32. The van der Waals surface area contributed by atoms with Gasteiger partial charge in [-0.25, -0.2) is 4.98 Å². The molecule has 1 heterocycles. The van der Waals surface area contributed by atoms with Crippen molar-refractivity contribution in [3.05, 3.63) is 12.5 Å². The van der Waals surface area contributed by atoms with E-state index in [4.69, 9.17) is 21.7 Å². The second-order valence-electron chi connectivity index (χ2n) is 2.00. The Morgan fingerprint density at radius 3 is 2.46 bits per heavy atom. The van der Waals surface area contributed by atoms with Gasteiger partial charge < -0.3 is 26.1 Å². The van der Waals surface area contributed by atoms with Crippen LogP contribution in [0.4, 0.5) is 6.01 Å². The third kappa shape index (κ3) is 5.65. The lowest BCUT2D eigenvalue weighted by atomic mass is 10.3. The quantitative estimate of drug-likeness (QED) is 0.451. The van der Waals surface area contributed by atoms with Crippen molar-refractivity contribution in [2.24, 2.45) is 5.73 Å². The van der Waals surface area contributed by atoms with E-state index in [2.05, 4.69) is 9.40 Å². The number of rotatable bonds is 2. The molecule has 7 heteroatoms. The number of aromatic nitrogens is 1. The predicted molar refractivity (Wildman–Crippen MR) is 43.6 cm³/mol. The van der Waals surface area contributed by atoms with Crippen molar-refractivity contribution in [2.75, 3.05) is 12.3 Å². The van der Waals surface area contributed by atoms with Gasteiger partial charge in [-0.2, -0.15) is 0 Å². The maximum Gasteiger partial charge on any atom is 0.322 e. The van der Waals surface area contributed by atoms with Crippen LogP contribution in [0, 0.1) is 0 Å². The highest BCUT2D eigenvalue weighted by Gasteiger charge is 2.06. The zero-order chi connectivity index (χ0) is 10.3. The van der Waals surface area contributed by atoms with Gasteiger partial charge in [0.05, 0.1) is 12.8 Å². The molecule has 0 saturated heterocycles. The van der Waals surface area contributed by atoms with Crippen molar-refractivity contribution >= 4 is 12.0 Å². The average Bonchev–Trinajstić information content (AvgIpc) is 2.55. The van der Waals surface area contributed by atoms with Crippen molar-refractivity contribution in [3.63, 3.8) is 0 Å². The lowest BCUT2D eigenvalue weighted by Crippen LogP contribution is -2.33. The van der Waals surface area contributed by atoms with Crippen molar-refractivity contribution in [1.82, 2.24) is 4.98 Å². The third-order valence-electron chi connectivity index (χ3n) is 0.965. The van der Waals surface area contributed by atoms with Gasteiger partial charge in [0.15, 0.2) is 0 Å². The second kappa shape index (κ2) is 5.98. The predicted octanol–water partition coefficient (Wildman–Crippen LogP) is -1.35. The summed E-state index contributed by atoms with van der Waals surface area (Å²) in [6.45, 7) is -0.505. The number of anilines is 1. The van der Waals surface area contributed by atoms with Crippen LogP contribution in [0.25, 0.3) is 0 Å². The van der Waals surface area contributed by atoms with Gasteiger partial charge in [0.25, 0.3) is 6.01 Å². The maximum absolute atomic E-state index is 9.65. The summed E-state index contributed by atoms with van der Waals surface area (Å²) in [6.07, 6.45) is 2.92. The van der Waals surface area contributed by atoms with Crippen molar-refractivity contribution in [1.29, 1.82) is 0 Å². The van der Waals surface area contributed by atoms with Crippen molar-refractivity contribution in [3.8, 4) is 0 Å². The number of nitrogens with two attached hydrogens (primary N) is 2. The number of carboxylic acid groups (broad SMARTS) is 1. The Kier molecular flexibility index (Phi) is 5.24. The van der Waals surface area contributed by atoms with Crippen LogP contribution in [0.2, 0.25) is 0 Å². The fourth-order valence-corrected chi connectivity index (χ4v) is 0.313. The van der Waals surface area contributed by atoms with Crippen molar-refractivity contribution < 1.29 is 19.4 Å². The minimum atomic E-state index is -1.18. The van der Waals surface area contributed by atoms with E-state index >= 15 is 0 Å². The summed E-state index contributed by atoms with van der Waals surface area (Å²) in [5.74, 6) is -1.18. The maximum atomic E-state index is 9.65. The van der Waals surface area contributed by atoms with E-state index in [0.29, 0.717) is 0 Å². The molecule has 1 rings (SSSR count). The van der Waals surface area contributed by atoms with E-state index in [-0.39, 0.29) is 6.01 Å². The first-order chi connectivity index (χ1) is 6.07. The molecule has 0 unspecified atom stereocenters. The molecule has 0 spiro atoms. The van der Waals surface area contributed by atoms with Gasteiger partial charge in [0.2, 0.25) is 0 Å². The smallest absolute Gasteiger partial charge is 0.322 e. The molecule has 0 amide bonds. The summed E-state index contributed by atoms with van der Waals surface area (Å²) in [5, 5.41) is 15.9. The zero-order valence-electron chi connectivity index (χ0n) is 6.75. The Morgan fingerprint density at radius 1 is 1.77 bits per heavy atom. The summed E-state index contributed by atoms with van der Waals surface area (Å²) < 4.78 is 4.50. The molecule has 0 aromatic carbocycles. The Bertz CT molecular complexity index is 236. The molecule has 0 aliphatic heterocycles. The Balaban J connectivity index is 0.000000223. The molecule has 1 aromatic heterocycles. The number of nitrogen functional groups attached to an aromatic ring is 1. The molecule has 0 radical (unpaired) electrons. The molecule has 13 heavy (non-hydrogen) atoms. The highest BCUT2D eigenvalue weighted by molar-refractivity contribution is 5.73. The summed E-state index contributed by atoms with van der Waals surface area (Å²) in [4.78, 5) is 13.2. The van der Waals surface area contributed by atoms with Gasteiger partial charge >= 0.3 is 5.97 Å². The largest absolute Gasteiger partial charge is 0.480 e. The minimum absolute atomic E-state index is 0.218. The Labute approximate surface area is 74.0 Å². The van der Waals surface area contributed by atoms with Crippen molar-refractivity contribution in [2.45, 2.75) is 6.04 Å². The first kappa shape index (κ1) is 11.4. The van der Waals surface area contributed by atoms with Gasteiger partial charge in [0, 0.05) is 0 Å². The number of nitrogens with zero attached hydrogens (tertiary/aromatic N) is 1. The van der Waals surface area contributed by atoms with Gasteiger partial charge in [-0.3, -0.25) is 4.79 Å². The molecule has 1 aromatic rings. The lowest BCUT2D eigenvalue weighted by molar-refractivity contribution is -0.139. The molecule has 0 aliphatic carbocycles. The molecule has 0 bridgehead atoms. The van der Waals surface area contributed by atoms with Crippen LogP contribution >= 0.6 is 0 Å². The topological polar surface area (TPSA) is 136 Å². The summed E-state index contributed by atoms with van der Waals surface area (Å²) in [7, 11) is 0. The van der Waals surface area contributed by atoms with E-state index in [0.717, 1.165) is 0 Å². The van der Waals surface area contributed by atoms with Crippen LogP contribution in [0.3, 0.4) is 0 Å². The number of hydrogen-bond acceptors (Lipinski definition) is 6. The molecule has 7 nitrogen and oxygen atoms in total. The number of oxazole rings is 1. The number of carboxylic acids is 1. The highest BCUT2D eigenvalue weighted by atomic mass is 16.4. The summed E-state index contributed by atoms with van der Waals surface area (Å²) >= 11 is 0. The van der Waals surface area contributed by atoms with E-state index < -0.39 is 18.6 Å². The van der Waals surface area contributed by atoms with E-state index in [1.807, 2.05) is 0 Å². The fraction of sp³-hybridized carbons (Fsp3) is 0.333. The minimum Gasteiger partial charge on any atom is -0.480 e. The summed E-state index contributed by atoms with van der Waals surface area (Å²) in [5.41, 5.74) is 9.77. The van der Waals surface area contributed by atoms with E-state index in [1.165, 1.54) is 12.5 Å².